The standard InChI is InChI=1S/C25H28N6O/c1-18-7-3-4-8-19(18)17-31-22-10-6-5-9-21(22)27-25(31)30-15-12-20(13-16-30)29(2)24-26-14-11-23(32)28-24/h3-11,14,20H,12-13,15-17H2,1-2H3,(H,26,28,32). The normalized spacial score (nSPS) is 14.8. The molecule has 4 aromatic rings. The van der Waals surface area contributed by atoms with Crippen LogP contribution in [-0.4, -0.2) is 45.7 Å². The molecule has 7 heteroatoms. The Bertz CT molecular complexity index is 1280. The van der Waals surface area contributed by atoms with Crippen molar-refractivity contribution < 1.29 is 0 Å². The minimum absolute atomic E-state index is 0.121. The van der Waals surface area contributed by atoms with Crippen LogP contribution in [0.1, 0.15) is 24.0 Å². The smallest absolute Gasteiger partial charge is 0.252 e. The number of rotatable bonds is 5. The second-order valence-corrected chi connectivity index (χ2v) is 8.50. The zero-order chi connectivity index (χ0) is 22.1. The fourth-order valence-electron chi connectivity index (χ4n) is 4.58. The number of aryl methyl sites for hydroxylation is 1. The summed E-state index contributed by atoms with van der Waals surface area (Å²) in [5, 5.41) is 0. The Morgan fingerprint density at radius 2 is 1.81 bits per heavy atom. The lowest BCUT2D eigenvalue weighted by atomic mass is 10.0. The summed E-state index contributed by atoms with van der Waals surface area (Å²) in [7, 11) is 2.01. The van der Waals surface area contributed by atoms with E-state index in [0.29, 0.717) is 12.0 Å². The van der Waals surface area contributed by atoms with Crippen molar-refractivity contribution in [3.8, 4) is 0 Å². The molecule has 1 N–H and O–H groups in total. The Balaban J connectivity index is 1.40. The third-order valence-electron chi connectivity index (χ3n) is 6.51. The van der Waals surface area contributed by atoms with E-state index in [1.54, 1.807) is 6.20 Å². The maximum atomic E-state index is 11.7. The lowest BCUT2D eigenvalue weighted by Crippen LogP contribution is -2.45. The SMILES string of the molecule is Cc1ccccc1Cn1c(N2CCC(N(C)c3nccc(=O)[nH]3)CC2)nc2ccccc21. The molecule has 0 unspecified atom stereocenters. The van der Waals surface area contributed by atoms with Gasteiger partial charge in [0.05, 0.1) is 17.6 Å². The first-order chi connectivity index (χ1) is 15.6. The van der Waals surface area contributed by atoms with Crippen LogP contribution in [0.25, 0.3) is 11.0 Å². The number of fused-ring (bicyclic) bond motifs is 1. The van der Waals surface area contributed by atoms with Crippen LogP contribution in [-0.2, 0) is 6.54 Å². The van der Waals surface area contributed by atoms with Gasteiger partial charge in [0, 0.05) is 38.4 Å². The van der Waals surface area contributed by atoms with Crippen LogP contribution in [0.4, 0.5) is 11.9 Å². The number of hydrogen-bond acceptors (Lipinski definition) is 5. The molecule has 1 fully saturated rings. The third kappa shape index (κ3) is 3.86. The maximum Gasteiger partial charge on any atom is 0.252 e. The Labute approximate surface area is 187 Å². The van der Waals surface area contributed by atoms with E-state index < -0.39 is 0 Å². The van der Waals surface area contributed by atoms with Gasteiger partial charge in [0.1, 0.15) is 0 Å². The summed E-state index contributed by atoms with van der Waals surface area (Å²) >= 11 is 0. The highest BCUT2D eigenvalue weighted by molar-refractivity contribution is 5.79. The average Bonchev–Trinajstić information content (AvgIpc) is 3.18. The van der Waals surface area contributed by atoms with Crippen molar-refractivity contribution in [3.05, 3.63) is 82.3 Å². The molecule has 2 aromatic heterocycles. The molecular weight excluding hydrogens is 400 g/mol. The predicted octanol–water partition coefficient (Wildman–Crippen LogP) is 3.58. The second-order valence-electron chi connectivity index (χ2n) is 8.50. The zero-order valence-electron chi connectivity index (χ0n) is 18.5. The number of aromatic nitrogens is 4. The van der Waals surface area contributed by atoms with Gasteiger partial charge < -0.3 is 14.4 Å². The number of nitrogens with zero attached hydrogens (tertiary/aromatic N) is 5. The second kappa shape index (κ2) is 8.49. The van der Waals surface area contributed by atoms with E-state index in [-0.39, 0.29) is 5.56 Å². The summed E-state index contributed by atoms with van der Waals surface area (Å²) in [5.74, 6) is 1.66. The van der Waals surface area contributed by atoms with Crippen LogP contribution in [0.3, 0.4) is 0 Å². The summed E-state index contributed by atoms with van der Waals surface area (Å²) in [6.07, 6.45) is 3.51. The van der Waals surface area contributed by atoms with Gasteiger partial charge in [0.25, 0.3) is 5.56 Å². The van der Waals surface area contributed by atoms with Crippen molar-refractivity contribution in [3.63, 3.8) is 0 Å². The third-order valence-corrected chi connectivity index (χ3v) is 6.51. The van der Waals surface area contributed by atoms with Crippen molar-refractivity contribution in [2.75, 3.05) is 29.9 Å². The number of piperidine rings is 1. The van der Waals surface area contributed by atoms with E-state index in [0.717, 1.165) is 49.5 Å². The Morgan fingerprint density at radius 3 is 2.59 bits per heavy atom. The first-order valence-corrected chi connectivity index (χ1v) is 11.1. The molecule has 1 aliphatic rings. The van der Waals surface area contributed by atoms with Crippen LogP contribution >= 0.6 is 0 Å². The largest absolute Gasteiger partial charge is 0.342 e. The lowest BCUT2D eigenvalue weighted by molar-refractivity contribution is 0.469. The minimum Gasteiger partial charge on any atom is -0.342 e. The highest BCUT2D eigenvalue weighted by Crippen LogP contribution is 2.28. The molecule has 3 heterocycles. The van der Waals surface area contributed by atoms with Crippen LogP contribution < -0.4 is 15.4 Å². The highest BCUT2D eigenvalue weighted by atomic mass is 16.1. The van der Waals surface area contributed by atoms with Gasteiger partial charge in [-0.3, -0.25) is 9.78 Å². The fourth-order valence-corrected chi connectivity index (χ4v) is 4.58. The van der Waals surface area contributed by atoms with Crippen molar-refractivity contribution in [1.29, 1.82) is 0 Å². The van der Waals surface area contributed by atoms with E-state index in [2.05, 4.69) is 73.7 Å². The number of benzene rings is 2. The van der Waals surface area contributed by atoms with Crippen molar-refractivity contribution in [1.82, 2.24) is 19.5 Å². The summed E-state index contributed by atoms with van der Waals surface area (Å²) in [6, 6.07) is 18.7. The van der Waals surface area contributed by atoms with Gasteiger partial charge in [-0.05, 0) is 43.0 Å². The van der Waals surface area contributed by atoms with Crippen LogP contribution in [0.2, 0.25) is 0 Å². The van der Waals surface area contributed by atoms with Crippen molar-refractivity contribution in [2.45, 2.75) is 32.4 Å². The fraction of sp³-hybridized carbons (Fsp3) is 0.320. The number of hydrogen-bond donors (Lipinski definition) is 1. The zero-order valence-corrected chi connectivity index (χ0v) is 18.5. The van der Waals surface area contributed by atoms with Gasteiger partial charge in [-0.15, -0.1) is 0 Å². The molecule has 1 aliphatic heterocycles. The number of imidazole rings is 1. The van der Waals surface area contributed by atoms with Gasteiger partial charge in [0.2, 0.25) is 11.9 Å². The van der Waals surface area contributed by atoms with Crippen molar-refractivity contribution in [2.24, 2.45) is 0 Å². The van der Waals surface area contributed by atoms with Crippen LogP contribution in [0.5, 0.6) is 0 Å². The number of nitrogens with one attached hydrogen (secondary N) is 1. The monoisotopic (exact) mass is 428 g/mol. The topological polar surface area (TPSA) is 70.1 Å². The summed E-state index contributed by atoms with van der Waals surface area (Å²) in [5.41, 5.74) is 4.67. The van der Waals surface area contributed by atoms with Gasteiger partial charge in [0.15, 0.2) is 0 Å². The molecular formula is C25H28N6O. The lowest BCUT2D eigenvalue weighted by Gasteiger charge is -2.37. The number of para-hydroxylation sites is 2. The van der Waals surface area contributed by atoms with Crippen molar-refractivity contribution >= 4 is 22.9 Å². The number of H-pyrrole nitrogens is 1. The Morgan fingerprint density at radius 1 is 1.06 bits per heavy atom. The molecule has 0 atom stereocenters. The van der Waals surface area contributed by atoms with E-state index in [1.165, 1.54) is 17.2 Å². The Kier molecular flexibility index (Phi) is 5.39. The number of anilines is 2. The summed E-state index contributed by atoms with van der Waals surface area (Å²) < 4.78 is 2.35. The van der Waals surface area contributed by atoms with E-state index >= 15 is 0 Å². The maximum absolute atomic E-state index is 11.7. The Hall–Kier alpha value is -3.61. The quantitative estimate of drug-likeness (QED) is 0.526. The summed E-state index contributed by atoms with van der Waals surface area (Å²) in [4.78, 5) is 28.3. The first kappa shape index (κ1) is 20.3. The molecule has 0 spiro atoms. The van der Waals surface area contributed by atoms with Gasteiger partial charge in [-0.1, -0.05) is 36.4 Å². The molecule has 0 aliphatic carbocycles. The molecule has 0 amide bonds. The molecule has 0 radical (unpaired) electrons. The van der Waals surface area contributed by atoms with Gasteiger partial charge >= 0.3 is 0 Å². The van der Waals surface area contributed by atoms with Gasteiger partial charge in [-0.25, -0.2) is 9.97 Å². The highest BCUT2D eigenvalue weighted by Gasteiger charge is 2.27. The molecule has 0 saturated carbocycles. The molecule has 7 nitrogen and oxygen atoms in total. The minimum atomic E-state index is -0.121. The summed E-state index contributed by atoms with van der Waals surface area (Å²) in [6.45, 7) is 4.78. The molecule has 5 rings (SSSR count). The van der Waals surface area contributed by atoms with Crippen LogP contribution in [0, 0.1) is 6.92 Å². The van der Waals surface area contributed by atoms with Crippen LogP contribution in [0.15, 0.2) is 65.6 Å². The molecule has 32 heavy (non-hydrogen) atoms. The first-order valence-electron chi connectivity index (χ1n) is 11.1. The molecule has 1 saturated heterocycles. The van der Waals surface area contributed by atoms with E-state index in [9.17, 15) is 4.79 Å². The molecule has 0 bridgehead atoms. The number of aromatic amines is 1. The van der Waals surface area contributed by atoms with E-state index in [4.69, 9.17) is 4.98 Å². The van der Waals surface area contributed by atoms with Gasteiger partial charge in [-0.2, -0.15) is 0 Å². The van der Waals surface area contributed by atoms with E-state index in [1.807, 2.05) is 13.1 Å². The molecule has 2 aromatic carbocycles. The molecule has 164 valence electrons. The predicted molar refractivity (Wildman–Crippen MR) is 129 cm³/mol. The average molecular weight is 429 g/mol.